The molecule has 1 rings (SSSR count). The molecule has 2 N–H and O–H groups in total. The van der Waals surface area contributed by atoms with E-state index in [0.29, 0.717) is 16.3 Å². The number of amides is 2. The zero-order chi connectivity index (χ0) is 15.1. The van der Waals surface area contributed by atoms with Crippen molar-refractivity contribution in [2.75, 3.05) is 20.1 Å². The normalized spacial score (nSPS) is 10.5. The summed E-state index contributed by atoms with van der Waals surface area (Å²) >= 11 is 1.16. The lowest BCUT2D eigenvalue weighted by molar-refractivity contribution is -0.131. The molecule has 0 saturated heterocycles. The standard InChI is InChI=1S/C13H16N2O4S/c1-3-15(2)11(16)8-14-13(19)10-6-4-9(20-10)5-7-12(17)18/h4-7H,3,8H2,1-2H3,(H,14,19)(H,17,18)/b7-5+. The predicted molar refractivity (Wildman–Crippen MR) is 76.6 cm³/mol. The number of likely N-dealkylation sites (N-methyl/N-ethyl adjacent to an activating group) is 1. The van der Waals surface area contributed by atoms with E-state index in [2.05, 4.69) is 5.32 Å². The van der Waals surface area contributed by atoms with Crippen molar-refractivity contribution in [2.45, 2.75) is 6.92 Å². The summed E-state index contributed by atoms with van der Waals surface area (Å²) in [7, 11) is 1.66. The van der Waals surface area contributed by atoms with Gasteiger partial charge in [-0.15, -0.1) is 11.3 Å². The van der Waals surface area contributed by atoms with Gasteiger partial charge in [-0.05, 0) is 25.1 Å². The van der Waals surface area contributed by atoms with Gasteiger partial charge in [0.25, 0.3) is 5.91 Å². The van der Waals surface area contributed by atoms with E-state index in [1.54, 1.807) is 19.2 Å². The summed E-state index contributed by atoms with van der Waals surface area (Å²) in [6.07, 6.45) is 2.42. The number of hydrogen-bond donors (Lipinski definition) is 2. The molecule has 2 amide bonds. The maximum atomic E-state index is 11.8. The van der Waals surface area contributed by atoms with Crippen molar-refractivity contribution < 1.29 is 19.5 Å². The first-order valence-corrected chi connectivity index (χ1v) is 6.78. The van der Waals surface area contributed by atoms with Crippen LogP contribution in [-0.2, 0) is 9.59 Å². The molecule has 20 heavy (non-hydrogen) atoms. The Bertz CT molecular complexity index is 536. The minimum atomic E-state index is -1.04. The minimum absolute atomic E-state index is 0.0542. The summed E-state index contributed by atoms with van der Waals surface area (Å²) in [6, 6.07) is 3.24. The molecule has 6 nitrogen and oxygen atoms in total. The molecule has 1 aromatic rings. The summed E-state index contributed by atoms with van der Waals surface area (Å²) < 4.78 is 0. The number of carbonyl (C=O) groups is 3. The highest BCUT2D eigenvalue weighted by molar-refractivity contribution is 7.14. The van der Waals surface area contributed by atoms with Crippen LogP contribution in [0.25, 0.3) is 6.08 Å². The Morgan fingerprint density at radius 3 is 2.70 bits per heavy atom. The van der Waals surface area contributed by atoms with E-state index in [1.165, 1.54) is 11.0 Å². The van der Waals surface area contributed by atoms with Gasteiger partial charge in [0, 0.05) is 24.5 Å². The molecule has 0 aliphatic heterocycles. The quantitative estimate of drug-likeness (QED) is 0.768. The van der Waals surface area contributed by atoms with Gasteiger partial charge in [0.1, 0.15) is 0 Å². The Balaban J connectivity index is 2.56. The number of rotatable bonds is 6. The zero-order valence-electron chi connectivity index (χ0n) is 11.3. The molecule has 7 heteroatoms. The largest absolute Gasteiger partial charge is 0.478 e. The Morgan fingerprint density at radius 2 is 2.10 bits per heavy atom. The van der Waals surface area contributed by atoms with Gasteiger partial charge in [-0.25, -0.2) is 4.79 Å². The van der Waals surface area contributed by atoms with E-state index < -0.39 is 5.97 Å². The third-order valence-electron chi connectivity index (χ3n) is 2.54. The molecule has 0 radical (unpaired) electrons. The summed E-state index contributed by atoms with van der Waals surface area (Å²) in [5, 5.41) is 11.0. The van der Waals surface area contributed by atoms with Crippen LogP contribution >= 0.6 is 11.3 Å². The van der Waals surface area contributed by atoms with Crippen molar-refractivity contribution in [3.05, 3.63) is 28.0 Å². The van der Waals surface area contributed by atoms with Gasteiger partial charge in [-0.3, -0.25) is 9.59 Å². The molecular weight excluding hydrogens is 280 g/mol. The first-order valence-electron chi connectivity index (χ1n) is 5.97. The smallest absolute Gasteiger partial charge is 0.328 e. The number of nitrogens with zero attached hydrogens (tertiary/aromatic N) is 1. The second-order valence-electron chi connectivity index (χ2n) is 3.96. The Hall–Kier alpha value is -2.15. The average Bonchev–Trinajstić information content (AvgIpc) is 2.90. The van der Waals surface area contributed by atoms with E-state index >= 15 is 0 Å². The molecular formula is C13H16N2O4S. The van der Waals surface area contributed by atoms with Crippen LogP contribution in [0.5, 0.6) is 0 Å². The molecule has 0 aliphatic carbocycles. The lowest BCUT2D eigenvalue weighted by atomic mass is 10.3. The van der Waals surface area contributed by atoms with Crippen molar-refractivity contribution in [1.29, 1.82) is 0 Å². The summed E-state index contributed by atoms with van der Waals surface area (Å²) in [4.78, 5) is 36.3. The van der Waals surface area contributed by atoms with Crippen LogP contribution < -0.4 is 5.32 Å². The van der Waals surface area contributed by atoms with E-state index in [4.69, 9.17) is 5.11 Å². The van der Waals surface area contributed by atoms with E-state index in [0.717, 1.165) is 17.4 Å². The van der Waals surface area contributed by atoms with Crippen LogP contribution in [0, 0.1) is 0 Å². The number of nitrogens with one attached hydrogen (secondary N) is 1. The minimum Gasteiger partial charge on any atom is -0.478 e. The van der Waals surface area contributed by atoms with Crippen LogP contribution in [0.1, 0.15) is 21.5 Å². The molecule has 0 aliphatic rings. The molecule has 0 aromatic carbocycles. The van der Waals surface area contributed by atoms with Crippen molar-refractivity contribution in [3.8, 4) is 0 Å². The Kier molecular flexibility index (Phi) is 5.92. The highest BCUT2D eigenvalue weighted by Crippen LogP contribution is 2.17. The number of carboxylic acid groups (broad SMARTS) is 1. The number of aliphatic carboxylic acids is 1. The highest BCUT2D eigenvalue weighted by atomic mass is 32.1. The number of carboxylic acids is 1. The van der Waals surface area contributed by atoms with Gasteiger partial charge in [0.15, 0.2) is 0 Å². The van der Waals surface area contributed by atoms with Gasteiger partial charge < -0.3 is 15.3 Å². The fraction of sp³-hybridized carbons (Fsp3) is 0.308. The summed E-state index contributed by atoms with van der Waals surface area (Å²) in [5.41, 5.74) is 0. The second kappa shape index (κ2) is 7.44. The second-order valence-corrected chi connectivity index (χ2v) is 5.08. The molecule has 0 saturated carbocycles. The maximum Gasteiger partial charge on any atom is 0.328 e. The van der Waals surface area contributed by atoms with Gasteiger partial charge >= 0.3 is 5.97 Å². The fourth-order valence-corrected chi connectivity index (χ4v) is 2.10. The summed E-state index contributed by atoms with van der Waals surface area (Å²) in [6.45, 7) is 2.37. The lowest BCUT2D eigenvalue weighted by Crippen LogP contribution is -2.37. The molecule has 0 bridgehead atoms. The number of carbonyl (C=O) groups excluding carboxylic acids is 2. The first-order chi connectivity index (χ1) is 9.43. The van der Waals surface area contributed by atoms with Gasteiger partial charge in [-0.1, -0.05) is 0 Å². The Morgan fingerprint density at radius 1 is 1.40 bits per heavy atom. The van der Waals surface area contributed by atoms with Crippen LogP contribution in [0.3, 0.4) is 0 Å². The van der Waals surface area contributed by atoms with Gasteiger partial charge in [0.05, 0.1) is 11.4 Å². The zero-order valence-corrected chi connectivity index (χ0v) is 12.1. The summed E-state index contributed by atoms with van der Waals surface area (Å²) in [5.74, 6) is -1.55. The molecule has 0 fully saturated rings. The molecule has 0 unspecified atom stereocenters. The molecule has 1 heterocycles. The number of hydrogen-bond acceptors (Lipinski definition) is 4. The van der Waals surface area contributed by atoms with Crippen molar-refractivity contribution in [2.24, 2.45) is 0 Å². The van der Waals surface area contributed by atoms with E-state index in [-0.39, 0.29) is 18.4 Å². The topological polar surface area (TPSA) is 86.7 Å². The third kappa shape index (κ3) is 4.85. The van der Waals surface area contributed by atoms with Crippen molar-refractivity contribution >= 4 is 35.2 Å². The molecule has 0 spiro atoms. The van der Waals surface area contributed by atoms with Crippen LogP contribution in [0.15, 0.2) is 18.2 Å². The molecule has 0 atom stereocenters. The fourth-order valence-electron chi connectivity index (χ4n) is 1.27. The SMILES string of the molecule is CCN(C)C(=O)CNC(=O)c1ccc(/C=C/C(=O)O)s1. The highest BCUT2D eigenvalue weighted by Gasteiger charge is 2.12. The monoisotopic (exact) mass is 296 g/mol. The van der Waals surface area contributed by atoms with Gasteiger partial charge in [-0.2, -0.15) is 0 Å². The van der Waals surface area contributed by atoms with Crippen LogP contribution in [-0.4, -0.2) is 47.9 Å². The van der Waals surface area contributed by atoms with Crippen molar-refractivity contribution in [1.82, 2.24) is 10.2 Å². The van der Waals surface area contributed by atoms with Crippen LogP contribution in [0.2, 0.25) is 0 Å². The van der Waals surface area contributed by atoms with E-state index in [9.17, 15) is 14.4 Å². The predicted octanol–water partition coefficient (Wildman–Crippen LogP) is 1.05. The van der Waals surface area contributed by atoms with Crippen LogP contribution in [0.4, 0.5) is 0 Å². The lowest BCUT2D eigenvalue weighted by Gasteiger charge is -2.14. The van der Waals surface area contributed by atoms with Gasteiger partial charge in [0.2, 0.25) is 5.91 Å². The Labute approximate surface area is 120 Å². The maximum absolute atomic E-state index is 11.8. The number of thiophene rings is 1. The van der Waals surface area contributed by atoms with Crippen molar-refractivity contribution in [3.63, 3.8) is 0 Å². The van der Waals surface area contributed by atoms with E-state index in [1.807, 2.05) is 6.92 Å². The average molecular weight is 296 g/mol. The third-order valence-corrected chi connectivity index (χ3v) is 3.59. The molecule has 1 aromatic heterocycles. The first kappa shape index (κ1) is 15.9. The molecule has 108 valence electrons.